The van der Waals surface area contributed by atoms with Gasteiger partial charge >= 0.3 is 0 Å². The maximum absolute atomic E-state index is 12.8. The zero-order chi connectivity index (χ0) is 25.7. The number of carbonyl (C=O) groups is 1. The van der Waals surface area contributed by atoms with E-state index in [4.69, 9.17) is 11.6 Å². The van der Waals surface area contributed by atoms with E-state index in [2.05, 4.69) is 10.0 Å². The molecule has 0 aromatic heterocycles. The zero-order valence-electron chi connectivity index (χ0n) is 19.8. The number of aryl methyl sites for hydroxylation is 2. The Kier molecular flexibility index (Phi) is 8.04. The Bertz CT molecular complexity index is 1470. The van der Waals surface area contributed by atoms with E-state index in [1.807, 2.05) is 62.4 Å². The highest BCUT2D eigenvalue weighted by Gasteiger charge is 2.16. The Morgan fingerprint density at radius 3 is 2.17 bits per heavy atom. The molecule has 0 unspecified atom stereocenters. The third-order valence-corrected chi connectivity index (χ3v) is 8.20. The lowest BCUT2D eigenvalue weighted by molar-refractivity contribution is 0.102. The average molecular weight is 537 g/mol. The molecular weight excluding hydrogens is 512 g/mol. The van der Waals surface area contributed by atoms with Gasteiger partial charge in [0.15, 0.2) is 0 Å². The third-order valence-electron chi connectivity index (χ3n) is 5.48. The smallest absolute Gasteiger partial charge is 0.261 e. The number of amides is 1. The first kappa shape index (κ1) is 25.8. The molecule has 0 aliphatic carbocycles. The number of thioether (sulfide) groups is 1. The lowest BCUT2D eigenvalue weighted by Gasteiger charge is -2.12. The second-order valence-electron chi connectivity index (χ2n) is 8.34. The first-order valence-corrected chi connectivity index (χ1v) is 14.0. The van der Waals surface area contributed by atoms with E-state index >= 15 is 0 Å². The van der Waals surface area contributed by atoms with Crippen molar-refractivity contribution in [3.05, 3.63) is 118 Å². The fourth-order valence-electron chi connectivity index (χ4n) is 3.50. The quantitative estimate of drug-likeness (QED) is 0.232. The number of hydrogen-bond donors (Lipinski definition) is 2. The van der Waals surface area contributed by atoms with Crippen molar-refractivity contribution in [1.82, 2.24) is 0 Å². The van der Waals surface area contributed by atoms with Crippen LogP contribution in [0.25, 0.3) is 0 Å². The molecule has 8 heteroatoms. The second-order valence-corrected chi connectivity index (χ2v) is 11.5. The summed E-state index contributed by atoms with van der Waals surface area (Å²) < 4.78 is 28.2. The number of halogens is 1. The summed E-state index contributed by atoms with van der Waals surface area (Å²) in [5.74, 6) is 0.506. The molecule has 0 aliphatic heterocycles. The van der Waals surface area contributed by atoms with Crippen LogP contribution >= 0.6 is 23.4 Å². The predicted molar refractivity (Wildman–Crippen MR) is 149 cm³/mol. The molecule has 0 radical (unpaired) electrons. The molecule has 5 nitrogen and oxygen atoms in total. The summed E-state index contributed by atoms with van der Waals surface area (Å²) in [6.45, 7) is 3.81. The Hall–Kier alpha value is -3.26. The first-order chi connectivity index (χ1) is 17.2. The molecule has 0 atom stereocenters. The van der Waals surface area contributed by atoms with Crippen molar-refractivity contribution >= 4 is 50.7 Å². The summed E-state index contributed by atoms with van der Waals surface area (Å²) in [6.07, 6.45) is 0. The molecule has 1 amide bonds. The van der Waals surface area contributed by atoms with Crippen molar-refractivity contribution in [3.63, 3.8) is 0 Å². The highest BCUT2D eigenvalue weighted by atomic mass is 35.5. The molecule has 0 fully saturated rings. The Morgan fingerprint density at radius 1 is 0.861 bits per heavy atom. The molecule has 0 aliphatic rings. The highest BCUT2D eigenvalue weighted by molar-refractivity contribution is 7.98. The highest BCUT2D eigenvalue weighted by Crippen LogP contribution is 2.25. The van der Waals surface area contributed by atoms with Crippen LogP contribution in [-0.4, -0.2) is 14.3 Å². The van der Waals surface area contributed by atoms with Gasteiger partial charge in [-0.05, 0) is 91.7 Å². The van der Waals surface area contributed by atoms with Gasteiger partial charge < -0.3 is 5.32 Å². The summed E-state index contributed by atoms with van der Waals surface area (Å²) in [5, 5.41) is 3.52. The number of benzene rings is 4. The van der Waals surface area contributed by atoms with Crippen molar-refractivity contribution in [1.29, 1.82) is 0 Å². The molecule has 0 heterocycles. The Labute approximate surface area is 221 Å². The average Bonchev–Trinajstić information content (AvgIpc) is 2.86. The molecule has 4 aromatic rings. The normalized spacial score (nSPS) is 11.2. The fourth-order valence-corrected chi connectivity index (χ4v) is 5.61. The SMILES string of the molecule is Cc1ccc(NS(=O)(=O)c2ccc(NC(=O)c3ccc(CSc4ccc(Cl)cc4)cc3)cc2)c(C)c1. The van der Waals surface area contributed by atoms with Gasteiger partial charge in [-0.15, -0.1) is 11.8 Å². The van der Waals surface area contributed by atoms with E-state index in [0.717, 1.165) is 27.3 Å². The van der Waals surface area contributed by atoms with E-state index in [1.165, 1.54) is 12.1 Å². The van der Waals surface area contributed by atoms with E-state index in [9.17, 15) is 13.2 Å². The largest absolute Gasteiger partial charge is 0.322 e. The monoisotopic (exact) mass is 536 g/mol. The molecule has 0 saturated carbocycles. The zero-order valence-corrected chi connectivity index (χ0v) is 22.2. The van der Waals surface area contributed by atoms with Crippen LogP contribution in [0.4, 0.5) is 11.4 Å². The number of nitrogens with one attached hydrogen (secondary N) is 2. The topological polar surface area (TPSA) is 75.3 Å². The maximum atomic E-state index is 12.8. The second kappa shape index (κ2) is 11.2. The van der Waals surface area contributed by atoms with Crippen molar-refractivity contribution in [2.75, 3.05) is 10.0 Å². The molecule has 0 spiro atoms. The minimum atomic E-state index is -3.75. The number of anilines is 2. The van der Waals surface area contributed by atoms with Crippen LogP contribution in [0.5, 0.6) is 0 Å². The van der Waals surface area contributed by atoms with Crippen LogP contribution in [0.2, 0.25) is 5.02 Å². The molecule has 0 bridgehead atoms. The van der Waals surface area contributed by atoms with Crippen LogP contribution in [0.3, 0.4) is 0 Å². The van der Waals surface area contributed by atoms with Gasteiger partial charge in [0.1, 0.15) is 0 Å². The van der Waals surface area contributed by atoms with Crippen LogP contribution in [0, 0.1) is 13.8 Å². The van der Waals surface area contributed by atoms with E-state index in [0.29, 0.717) is 22.0 Å². The predicted octanol–water partition coefficient (Wildman–Crippen LogP) is 7.30. The van der Waals surface area contributed by atoms with Gasteiger partial charge in [0.2, 0.25) is 0 Å². The molecular formula is C28H25ClN2O3S2. The third kappa shape index (κ3) is 6.69. The first-order valence-electron chi connectivity index (χ1n) is 11.2. The minimum absolute atomic E-state index is 0.114. The Balaban J connectivity index is 1.35. The van der Waals surface area contributed by atoms with Crippen LogP contribution in [0.1, 0.15) is 27.0 Å². The summed E-state index contributed by atoms with van der Waals surface area (Å²) >= 11 is 7.61. The summed E-state index contributed by atoms with van der Waals surface area (Å²) in [6, 6.07) is 26.7. The molecule has 4 aromatic carbocycles. The summed E-state index contributed by atoms with van der Waals surface area (Å²) in [7, 11) is -3.75. The lowest BCUT2D eigenvalue weighted by Crippen LogP contribution is -2.14. The van der Waals surface area contributed by atoms with Crippen molar-refractivity contribution in [3.8, 4) is 0 Å². The lowest BCUT2D eigenvalue weighted by atomic mass is 10.1. The molecule has 184 valence electrons. The number of sulfonamides is 1. The van der Waals surface area contributed by atoms with Crippen LogP contribution in [0.15, 0.2) is 101 Å². The number of hydrogen-bond acceptors (Lipinski definition) is 4. The van der Waals surface area contributed by atoms with Gasteiger partial charge in [-0.1, -0.05) is 41.4 Å². The van der Waals surface area contributed by atoms with Gasteiger partial charge in [0, 0.05) is 26.9 Å². The van der Waals surface area contributed by atoms with E-state index in [1.54, 1.807) is 42.1 Å². The van der Waals surface area contributed by atoms with Gasteiger partial charge in [0.25, 0.3) is 15.9 Å². The molecule has 2 N–H and O–H groups in total. The molecule has 4 rings (SSSR count). The minimum Gasteiger partial charge on any atom is -0.322 e. The molecule has 36 heavy (non-hydrogen) atoms. The van der Waals surface area contributed by atoms with E-state index < -0.39 is 10.0 Å². The number of rotatable bonds is 8. The molecule has 0 saturated heterocycles. The van der Waals surface area contributed by atoms with Gasteiger partial charge in [-0.3, -0.25) is 9.52 Å². The summed E-state index contributed by atoms with van der Waals surface area (Å²) in [5.41, 5.74) is 4.56. The van der Waals surface area contributed by atoms with Crippen LogP contribution in [-0.2, 0) is 15.8 Å². The van der Waals surface area contributed by atoms with Crippen molar-refractivity contribution in [2.24, 2.45) is 0 Å². The van der Waals surface area contributed by atoms with Gasteiger partial charge in [-0.25, -0.2) is 8.42 Å². The summed E-state index contributed by atoms with van der Waals surface area (Å²) in [4.78, 5) is 13.9. The number of carbonyl (C=O) groups excluding carboxylic acids is 1. The van der Waals surface area contributed by atoms with Gasteiger partial charge in [-0.2, -0.15) is 0 Å². The van der Waals surface area contributed by atoms with Crippen molar-refractivity contribution in [2.45, 2.75) is 29.4 Å². The van der Waals surface area contributed by atoms with E-state index in [-0.39, 0.29) is 10.8 Å². The standard InChI is InChI=1S/C28H25ClN2O3S2/c1-19-3-16-27(20(2)17-19)31-36(33,34)26-14-10-24(11-15-26)30-28(32)22-6-4-21(5-7-22)18-35-25-12-8-23(29)9-13-25/h3-17,31H,18H2,1-2H3,(H,30,32). The van der Waals surface area contributed by atoms with Crippen LogP contribution < -0.4 is 10.0 Å². The van der Waals surface area contributed by atoms with Gasteiger partial charge in [0.05, 0.1) is 10.6 Å². The fraction of sp³-hybridized carbons (Fsp3) is 0.107. The maximum Gasteiger partial charge on any atom is 0.261 e. The Morgan fingerprint density at radius 2 is 1.53 bits per heavy atom. The van der Waals surface area contributed by atoms with Crippen molar-refractivity contribution < 1.29 is 13.2 Å².